The molecular formula is C43H38F5N7O4S. The predicted molar refractivity (Wildman–Crippen MR) is 219 cm³/mol. The van der Waals surface area contributed by atoms with Gasteiger partial charge in [-0.3, -0.25) is 19.3 Å². The van der Waals surface area contributed by atoms with Crippen LogP contribution in [0.25, 0.3) is 22.2 Å². The summed E-state index contributed by atoms with van der Waals surface area (Å²) < 4.78 is 76.2. The summed E-state index contributed by atoms with van der Waals surface area (Å²) in [6.45, 7) is 4.60. The average molecular weight is 844 g/mol. The Morgan fingerprint density at radius 3 is 2.47 bits per heavy atom. The van der Waals surface area contributed by atoms with E-state index in [1.165, 1.54) is 55.1 Å². The largest absolute Gasteiger partial charge is 0.417 e. The van der Waals surface area contributed by atoms with Crippen LogP contribution in [0.4, 0.5) is 39.0 Å². The first-order chi connectivity index (χ1) is 28.6. The molecule has 11 nitrogen and oxygen atoms in total. The Morgan fingerprint density at radius 2 is 1.75 bits per heavy atom. The van der Waals surface area contributed by atoms with E-state index in [1.807, 2.05) is 24.3 Å². The lowest BCUT2D eigenvalue weighted by atomic mass is 9.99. The molecule has 5 aromatic rings. The van der Waals surface area contributed by atoms with Gasteiger partial charge in [0, 0.05) is 54.9 Å². The Bertz CT molecular complexity index is 2570. The zero-order chi connectivity index (χ0) is 42.9. The Kier molecular flexibility index (Phi) is 11.6. The zero-order valence-corrected chi connectivity index (χ0v) is 33.2. The van der Waals surface area contributed by atoms with Crippen molar-refractivity contribution in [3.63, 3.8) is 0 Å². The molecule has 0 bridgehead atoms. The van der Waals surface area contributed by atoms with Gasteiger partial charge in [0.1, 0.15) is 17.2 Å². The van der Waals surface area contributed by atoms with Crippen LogP contribution in [0.15, 0.2) is 72.8 Å². The van der Waals surface area contributed by atoms with Gasteiger partial charge in [0.2, 0.25) is 5.91 Å². The number of aromatic nitrogens is 1. The van der Waals surface area contributed by atoms with Crippen molar-refractivity contribution >= 4 is 63.0 Å². The van der Waals surface area contributed by atoms with Crippen LogP contribution in [0.1, 0.15) is 59.3 Å². The van der Waals surface area contributed by atoms with E-state index in [0.29, 0.717) is 56.2 Å². The number of hydrogen-bond acceptors (Lipinski definition) is 7. The monoisotopic (exact) mass is 843 g/mol. The number of thiocarbonyl (C=S) groups is 1. The maximum atomic E-state index is 15.3. The number of hydrogen-bond donors (Lipinski definition) is 4. The fourth-order valence-electron chi connectivity index (χ4n) is 7.43. The maximum Gasteiger partial charge on any atom is 0.417 e. The lowest BCUT2D eigenvalue weighted by Gasteiger charge is -2.29. The number of carbonyl (C=O) groups is 3. The molecule has 60 heavy (non-hydrogen) atoms. The summed E-state index contributed by atoms with van der Waals surface area (Å²) in [4.78, 5) is 44.1. The Balaban J connectivity index is 0.854. The van der Waals surface area contributed by atoms with Gasteiger partial charge in [-0.15, -0.1) is 0 Å². The van der Waals surface area contributed by atoms with E-state index >= 15 is 4.39 Å². The minimum absolute atomic E-state index is 0.134. The molecule has 1 fully saturated rings. The second-order valence-corrected chi connectivity index (χ2v) is 15.2. The molecule has 1 saturated heterocycles. The summed E-state index contributed by atoms with van der Waals surface area (Å²) in [6.07, 6.45) is -3.62. The second-order valence-electron chi connectivity index (χ2n) is 14.8. The summed E-state index contributed by atoms with van der Waals surface area (Å²) in [7, 11) is 0. The molecule has 2 aliphatic rings. The van der Waals surface area contributed by atoms with Crippen LogP contribution in [-0.2, 0) is 33.5 Å². The fraction of sp³-hybridized carbons (Fsp3) is 0.279. The maximum absolute atomic E-state index is 15.3. The van der Waals surface area contributed by atoms with Gasteiger partial charge in [0.15, 0.2) is 5.11 Å². The van der Waals surface area contributed by atoms with Crippen LogP contribution in [-0.4, -0.2) is 59.7 Å². The molecule has 1 aromatic heterocycles. The first-order valence-corrected chi connectivity index (χ1v) is 19.4. The van der Waals surface area contributed by atoms with E-state index in [-0.39, 0.29) is 47.0 Å². The SMILES string of the molecule is CC1(C)C(=O)N(c2ccc(C#N)c(C(F)(F)F)c2)C(=S)N1c1ccc(NCCCOCCC(=O)NCc2ccc(-c3[nH]c4cc(F)cc5c4c3CCNC5=O)cc2)c(F)c1. The second kappa shape index (κ2) is 16.7. The molecule has 0 saturated carbocycles. The van der Waals surface area contributed by atoms with Gasteiger partial charge in [-0.25, -0.2) is 8.78 Å². The standard InChI is InChI=1S/C43H38F5N7O4S/c1-42(2)40(58)54(28-9-8-26(22-49)32(20-28)43(46,47)48)41(60)55(42)29-10-11-34(33(45)21-29)50-14-3-16-59-17-13-36(56)52-23-24-4-6-25(7-5-24)38-30-12-15-51-39(57)31-18-27(44)19-35(53-38)37(30)31/h4-11,18-21,50,53H,3,12-17,23H2,1-2H3,(H,51,57)(H,52,56). The van der Waals surface area contributed by atoms with E-state index in [0.717, 1.165) is 38.7 Å². The molecule has 3 amide bonds. The summed E-state index contributed by atoms with van der Waals surface area (Å²) in [5.74, 6) is -2.27. The molecule has 0 unspecified atom stereocenters. The molecule has 0 atom stereocenters. The first-order valence-electron chi connectivity index (χ1n) is 19.0. The molecule has 0 aliphatic carbocycles. The summed E-state index contributed by atoms with van der Waals surface area (Å²) in [5.41, 5.74) is 1.41. The molecule has 310 valence electrons. The van der Waals surface area contributed by atoms with Crippen molar-refractivity contribution in [2.75, 3.05) is 41.4 Å². The van der Waals surface area contributed by atoms with Gasteiger partial charge in [-0.05, 0) is 104 Å². The minimum Gasteiger partial charge on any atom is -0.383 e. The van der Waals surface area contributed by atoms with Crippen LogP contribution < -0.4 is 25.8 Å². The Labute approximate surface area is 346 Å². The topological polar surface area (TPSA) is 143 Å². The highest BCUT2D eigenvalue weighted by molar-refractivity contribution is 7.81. The van der Waals surface area contributed by atoms with Gasteiger partial charge >= 0.3 is 6.18 Å². The highest BCUT2D eigenvalue weighted by atomic mass is 32.1. The fourth-order valence-corrected chi connectivity index (χ4v) is 7.95. The van der Waals surface area contributed by atoms with Crippen molar-refractivity contribution < 1.29 is 41.1 Å². The number of carbonyl (C=O) groups excluding carboxylic acids is 3. The molecule has 2 aliphatic heterocycles. The van der Waals surface area contributed by atoms with E-state index < -0.39 is 40.4 Å². The quantitative estimate of drug-likeness (QED) is 0.0536. The van der Waals surface area contributed by atoms with Crippen molar-refractivity contribution in [3.8, 4) is 17.3 Å². The normalized spacial score (nSPS) is 14.9. The van der Waals surface area contributed by atoms with Crippen molar-refractivity contribution in [1.29, 1.82) is 5.26 Å². The van der Waals surface area contributed by atoms with Crippen molar-refractivity contribution in [2.24, 2.45) is 0 Å². The third kappa shape index (κ3) is 8.25. The van der Waals surface area contributed by atoms with Gasteiger partial charge in [-0.2, -0.15) is 18.4 Å². The molecule has 7 rings (SSSR count). The summed E-state index contributed by atoms with van der Waals surface area (Å²) in [5, 5.41) is 18.4. The van der Waals surface area contributed by atoms with Crippen molar-refractivity contribution in [2.45, 2.75) is 51.4 Å². The van der Waals surface area contributed by atoms with E-state index in [4.69, 9.17) is 22.2 Å². The van der Waals surface area contributed by atoms with Gasteiger partial charge in [0.05, 0.1) is 40.7 Å². The van der Waals surface area contributed by atoms with Crippen LogP contribution in [0, 0.1) is 23.0 Å². The molecule has 0 spiro atoms. The van der Waals surface area contributed by atoms with Crippen LogP contribution >= 0.6 is 12.2 Å². The number of nitriles is 1. The number of alkyl halides is 3. The smallest absolute Gasteiger partial charge is 0.383 e. The molecule has 0 radical (unpaired) electrons. The van der Waals surface area contributed by atoms with Crippen LogP contribution in [0.5, 0.6) is 0 Å². The van der Waals surface area contributed by atoms with Gasteiger partial charge in [-0.1, -0.05) is 24.3 Å². The van der Waals surface area contributed by atoms with Crippen LogP contribution in [0.3, 0.4) is 0 Å². The van der Waals surface area contributed by atoms with Crippen molar-refractivity contribution in [1.82, 2.24) is 15.6 Å². The van der Waals surface area contributed by atoms with Crippen molar-refractivity contribution in [3.05, 3.63) is 112 Å². The lowest BCUT2D eigenvalue weighted by Crippen LogP contribution is -2.44. The highest BCUT2D eigenvalue weighted by Gasteiger charge is 2.51. The zero-order valence-electron chi connectivity index (χ0n) is 32.4. The van der Waals surface area contributed by atoms with E-state index in [9.17, 15) is 31.9 Å². The number of ether oxygens (including phenoxy) is 1. The molecular weight excluding hydrogens is 806 g/mol. The third-order valence-electron chi connectivity index (χ3n) is 10.4. The third-order valence-corrected chi connectivity index (χ3v) is 10.8. The number of benzene rings is 4. The lowest BCUT2D eigenvalue weighted by molar-refractivity contribution is -0.137. The minimum atomic E-state index is -4.84. The molecule has 3 heterocycles. The number of nitrogens with zero attached hydrogens (tertiary/aromatic N) is 3. The summed E-state index contributed by atoms with van der Waals surface area (Å²) >= 11 is 5.54. The number of aromatic amines is 1. The van der Waals surface area contributed by atoms with Gasteiger partial charge < -0.3 is 30.6 Å². The van der Waals surface area contributed by atoms with E-state index in [1.54, 1.807) is 6.07 Å². The van der Waals surface area contributed by atoms with E-state index in [2.05, 4.69) is 20.9 Å². The number of rotatable bonds is 13. The first kappa shape index (κ1) is 41.8. The number of nitrogens with one attached hydrogen (secondary N) is 4. The highest BCUT2D eigenvalue weighted by Crippen LogP contribution is 2.40. The molecule has 17 heteroatoms. The number of halogens is 5. The van der Waals surface area contributed by atoms with Crippen LogP contribution in [0.2, 0.25) is 0 Å². The Hall–Kier alpha value is -6.38. The molecule has 4 aromatic carbocycles. The number of anilines is 3. The van der Waals surface area contributed by atoms with Gasteiger partial charge in [0.25, 0.3) is 11.8 Å². The number of H-pyrrole nitrogens is 1. The Morgan fingerprint density at radius 1 is 1.00 bits per heavy atom. The molecule has 4 N–H and O–H groups in total. The number of amides is 3. The predicted octanol–water partition coefficient (Wildman–Crippen LogP) is 7.73. The summed E-state index contributed by atoms with van der Waals surface area (Å²) in [6, 6.07) is 18.8. The average Bonchev–Trinajstić information content (AvgIpc) is 3.58.